The molecule has 17 heavy (non-hydrogen) atoms. The Morgan fingerprint density at radius 2 is 1.88 bits per heavy atom. The molecule has 92 valence electrons. The molecule has 0 heterocycles. The van der Waals surface area contributed by atoms with Crippen LogP contribution in [0.3, 0.4) is 0 Å². The van der Waals surface area contributed by atoms with Crippen molar-refractivity contribution in [3.63, 3.8) is 0 Å². The molecule has 1 aromatic rings. The molecule has 0 spiro atoms. The van der Waals surface area contributed by atoms with Crippen LogP contribution in [0.2, 0.25) is 10.0 Å². The maximum atomic E-state index is 11.7. The molecule has 1 aliphatic carbocycles. The molecule has 0 radical (unpaired) electrons. The number of amides is 1. The molecule has 0 saturated heterocycles. The number of rotatable bonds is 4. The predicted molar refractivity (Wildman–Crippen MR) is 70.7 cm³/mol. The smallest absolute Gasteiger partial charge is 0.242 e. The Labute approximate surface area is 110 Å². The van der Waals surface area contributed by atoms with Gasteiger partial charge in [-0.3, -0.25) is 4.79 Å². The summed E-state index contributed by atoms with van der Waals surface area (Å²) in [4.78, 5) is 11.7. The molecule has 0 bridgehead atoms. The van der Waals surface area contributed by atoms with Gasteiger partial charge in [-0.15, -0.1) is 0 Å². The highest BCUT2D eigenvalue weighted by Gasteiger charge is 2.25. The van der Waals surface area contributed by atoms with Gasteiger partial charge in [-0.05, 0) is 38.0 Å². The Bertz CT molecular complexity index is 412. The fraction of sp³-hybridized carbons (Fsp3) is 0.417. The van der Waals surface area contributed by atoms with Crippen LogP contribution >= 0.6 is 23.2 Å². The van der Waals surface area contributed by atoms with Crippen LogP contribution in [-0.2, 0) is 4.79 Å². The molecule has 3 nitrogen and oxygen atoms in total. The van der Waals surface area contributed by atoms with E-state index in [-0.39, 0.29) is 11.9 Å². The van der Waals surface area contributed by atoms with E-state index < -0.39 is 0 Å². The zero-order valence-corrected chi connectivity index (χ0v) is 11.0. The molecule has 1 aliphatic rings. The van der Waals surface area contributed by atoms with Gasteiger partial charge in [0.1, 0.15) is 6.04 Å². The molecular formula is C12H14Cl2N2O. The standard InChI is InChI=1S/C12H14Cl2N2O/c1-7(12(17)16-10-2-3-10)15-11-5-8(13)4-9(14)6-11/h4-7,10,15H,2-3H2,1H3,(H,16,17). The summed E-state index contributed by atoms with van der Waals surface area (Å²) in [5.74, 6) is 0.00333. The molecule has 5 heteroatoms. The van der Waals surface area contributed by atoms with Crippen molar-refractivity contribution in [2.24, 2.45) is 0 Å². The summed E-state index contributed by atoms with van der Waals surface area (Å²) in [5.41, 5.74) is 0.751. The van der Waals surface area contributed by atoms with Gasteiger partial charge in [0.15, 0.2) is 0 Å². The lowest BCUT2D eigenvalue weighted by atomic mass is 10.2. The van der Waals surface area contributed by atoms with Crippen molar-refractivity contribution in [3.05, 3.63) is 28.2 Å². The van der Waals surface area contributed by atoms with Crippen LogP contribution in [0.15, 0.2) is 18.2 Å². The maximum Gasteiger partial charge on any atom is 0.242 e. The molecule has 2 N–H and O–H groups in total. The van der Waals surface area contributed by atoms with Gasteiger partial charge in [-0.2, -0.15) is 0 Å². The van der Waals surface area contributed by atoms with Gasteiger partial charge >= 0.3 is 0 Å². The summed E-state index contributed by atoms with van der Waals surface area (Å²) >= 11 is 11.8. The largest absolute Gasteiger partial charge is 0.374 e. The highest BCUT2D eigenvalue weighted by molar-refractivity contribution is 6.35. The van der Waals surface area contributed by atoms with E-state index in [1.807, 2.05) is 6.92 Å². The normalized spacial score (nSPS) is 16.4. The van der Waals surface area contributed by atoms with Crippen LogP contribution in [0.1, 0.15) is 19.8 Å². The van der Waals surface area contributed by atoms with Gasteiger partial charge in [-0.1, -0.05) is 23.2 Å². The first-order valence-corrected chi connectivity index (χ1v) is 6.33. The van der Waals surface area contributed by atoms with Crippen molar-refractivity contribution in [3.8, 4) is 0 Å². The third kappa shape index (κ3) is 3.79. The van der Waals surface area contributed by atoms with Crippen LogP contribution < -0.4 is 10.6 Å². The minimum Gasteiger partial charge on any atom is -0.374 e. The number of anilines is 1. The van der Waals surface area contributed by atoms with Crippen molar-refractivity contribution in [1.82, 2.24) is 5.32 Å². The molecule has 1 aromatic carbocycles. The highest BCUT2D eigenvalue weighted by Crippen LogP contribution is 2.23. The molecule has 1 atom stereocenters. The fourth-order valence-electron chi connectivity index (χ4n) is 1.51. The van der Waals surface area contributed by atoms with Crippen molar-refractivity contribution in [2.75, 3.05) is 5.32 Å². The zero-order chi connectivity index (χ0) is 12.4. The Morgan fingerprint density at radius 3 is 2.41 bits per heavy atom. The van der Waals surface area contributed by atoms with E-state index >= 15 is 0 Å². The summed E-state index contributed by atoms with van der Waals surface area (Å²) in [6.07, 6.45) is 2.17. The molecule has 1 amide bonds. The second kappa shape index (κ2) is 5.15. The molecule has 1 fully saturated rings. The minimum absolute atomic E-state index is 0.00333. The monoisotopic (exact) mass is 272 g/mol. The van der Waals surface area contributed by atoms with Gasteiger partial charge < -0.3 is 10.6 Å². The summed E-state index contributed by atoms with van der Waals surface area (Å²) in [5, 5.41) is 7.11. The van der Waals surface area contributed by atoms with Crippen LogP contribution in [0.4, 0.5) is 5.69 Å². The second-order valence-electron chi connectivity index (χ2n) is 4.31. The molecule has 0 aliphatic heterocycles. The van der Waals surface area contributed by atoms with E-state index in [9.17, 15) is 4.79 Å². The Balaban J connectivity index is 1.96. The van der Waals surface area contributed by atoms with Gasteiger partial charge in [0.05, 0.1) is 0 Å². The molecule has 1 unspecified atom stereocenters. The Kier molecular flexibility index (Phi) is 3.79. The van der Waals surface area contributed by atoms with E-state index in [2.05, 4.69) is 10.6 Å². The number of hydrogen-bond acceptors (Lipinski definition) is 2. The molecular weight excluding hydrogens is 259 g/mol. The molecule has 0 aromatic heterocycles. The first kappa shape index (κ1) is 12.5. The fourth-order valence-corrected chi connectivity index (χ4v) is 2.03. The van der Waals surface area contributed by atoms with Crippen molar-refractivity contribution >= 4 is 34.8 Å². The Hall–Kier alpha value is -0.930. The molecule has 1 saturated carbocycles. The number of carbonyl (C=O) groups is 1. The van der Waals surface area contributed by atoms with Gasteiger partial charge in [0.2, 0.25) is 5.91 Å². The second-order valence-corrected chi connectivity index (χ2v) is 5.18. The van der Waals surface area contributed by atoms with E-state index in [1.54, 1.807) is 18.2 Å². The van der Waals surface area contributed by atoms with Crippen molar-refractivity contribution in [1.29, 1.82) is 0 Å². The van der Waals surface area contributed by atoms with E-state index in [4.69, 9.17) is 23.2 Å². The van der Waals surface area contributed by atoms with Gasteiger partial charge in [-0.25, -0.2) is 0 Å². The predicted octanol–water partition coefficient (Wildman–Crippen LogP) is 3.07. The van der Waals surface area contributed by atoms with Crippen LogP contribution in [0, 0.1) is 0 Å². The summed E-state index contributed by atoms with van der Waals surface area (Å²) in [6, 6.07) is 5.21. The topological polar surface area (TPSA) is 41.1 Å². The van der Waals surface area contributed by atoms with Crippen LogP contribution in [-0.4, -0.2) is 18.0 Å². The lowest BCUT2D eigenvalue weighted by molar-refractivity contribution is -0.121. The summed E-state index contributed by atoms with van der Waals surface area (Å²) in [6.45, 7) is 1.81. The summed E-state index contributed by atoms with van der Waals surface area (Å²) < 4.78 is 0. The lowest BCUT2D eigenvalue weighted by Gasteiger charge is -2.15. The average Bonchev–Trinajstić information content (AvgIpc) is 2.99. The quantitative estimate of drug-likeness (QED) is 0.885. The maximum absolute atomic E-state index is 11.7. The third-order valence-electron chi connectivity index (χ3n) is 2.56. The van der Waals surface area contributed by atoms with Crippen molar-refractivity contribution in [2.45, 2.75) is 31.8 Å². The van der Waals surface area contributed by atoms with Crippen LogP contribution in [0.25, 0.3) is 0 Å². The van der Waals surface area contributed by atoms with E-state index in [0.29, 0.717) is 16.1 Å². The van der Waals surface area contributed by atoms with Crippen LogP contribution in [0.5, 0.6) is 0 Å². The zero-order valence-electron chi connectivity index (χ0n) is 9.47. The SMILES string of the molecule is CC(Nc1cc(Cl)cc(Cl)c1)C(=O)NC1CC1. The first-order chi connectivity index (χ1) is 8.04. The first-order valence-electron chi connectivity index (χ1n) is 5.57. The lowest BCUT2D eigenvalue weighted by Crippen LogP contribution is -2.38. The molecule has 2 rings (SSSR count). The third-order valence-corrected chi connectivity index (χ3v) is 3.00. The number of carbonyl (C=O) groups excluding carboxylic acids is 1. The summed E-state index contributed by atoms with van der Waals surface area (Å²) in [7, 11) is 0. The minimum atomic E-state index is -0.301. The average molecular weight is 273 g/mol. The van der Waals surface area contributed by atoms with E-state index in [1.165, 1.54) is 0 Å². The van der Waals surface area contributed by atoms with Gasteiger partial charge in [0.25, 0.3) is 0 Å². The Morgan fingerprint density at radius 1 is 1.29 bits per heavy atom. The van der Waals surface area contributed by atoms with E-state index in [0.717, 1.165) is 18.5 Å². The number of nitrogens with one attached hydrogen (secondary N) is 2. The number of hydrogen-bond donors (Lipinski definition) is 2. The number of halogens is 2. The highest BCUT2D eigenvalue weighted by atomic mass is 35.5. The number of benzene rings is 1. The van der Waals surface area contributed by atoms with Crippen molar-refractivity contribution < 1.29 is 4.79 Å². The van der Waals surface area contributed by atoms with Gasteiger partial charge in [0, 0.05) is 21.8 Å².